The summed E-state index contributed by atoms with van der Waals surface area (Å²) in [5.74, 6) is -2.24. The molecular weight excluding hydrogens is 684 g/mol. The molecule has 54 heavy (non-hydrogen) atoms. The van der Waals surface area contributed by atoms with E-state index in [1.165, 1.54) is 0 Å². The number of aliphatic hydroxyl groups excluding tert-OH is 1. The Morgan fingerprint density at radius 3 is 1.72 bits per heavy atom. The minimum Gasteiger partial charge on any atom is -0.445 e. The number of nitrogens with zero attached hydrogens (tertiary/aromatic N) is 1. The number of hydrogen-bond donors (Lipinski definition) is 6. The highest BCUT2D eigenvalue weighted by Crippen LogP contribution is 2.14. The number of aliphatic hydroxyl groups is 1. The number of benzene rings is 3. The number of pyridine rings is 1. The van der Waals surface area contributed by atoms with E-state index in [1.54, 1.807) is 32.2 Å². The van der Waals surface area contributed by atoms with Crippen molar-refractivity contribution in [2.45, 2.75) is 84.1 Å². The fraction of sp³-hybridized carbons (Fsp3) is 0.357. The fourth-order valence-electron chi connectivity index (χ4n) is 5.82. The highest BCUT2D eigenvalue weighted by Gasteiger charge is 2.38. The van der Waals surface area contributed by atoms with Gasteiger partial charge in [-0.05, 0) is 47.1 Å². The van der Waals surface area contributed by atoms with Crippen molar-refractivity contribution in [1.82, 2.24) is 31.6 Å². The van der Waals surface area contributed by atoms with Gasteiger partial charge in [0.2, 0.25) is 17.7 Å². The lowest BCUT2D eigenvalue weighted by atomic mass is 9.93. The predicted molar refractivity (Wildman–Crippen MR) is 206 cm³/mol. The fourth-order valence-corrected chi connectivity index (χ4v) is 5.82. The van der Waals surface area contributed by atoms with Crippen LogP contribution in [-0.4, -0.2) is 64.2 Å². The monoisotopic (exact) mass is 736 g/mol. The molecule has 1 aromatic heterocycles. The smallest absolute Gasteiger partial charge is 0.408 e. The molecule has 286 valence electrons. The van der Waals surface area contributed by atoms with Gasteiger partial charge < -0.3 is 31.1 Å². The molecule has 0 radical (unpaired) electrons. The lowest BCUT2D eigenvalue weighted by Crippen LogP contribution is -2.63. The van der Waals surface area contributed by atoms with Gasteiger partial charge in [0.05, 0.1) is 24.4 Å². The lowest BCUT2D eigenvalue weighted by Gasteiger charge is -2.33. The number of amides is 4. The van der Waals surface area contributed by atoms with Gasteiger partial charge in [0.1, 0.15) is 24.7 Å². The Hall–Kier alpha value is -5.59. The third-order valence-electron chi connectivity index (χ3n) is 8.88. The van der Waals surface area contributed by atoms with Crippen molar-refractivity contribution in [2.75, 3.05) is 0 Å². The van der Waals surface area contributed by atoms with E-state index in [-0.39, 0.29) is 38.0 Å². The zero-order valence-corrected chi connectivity index (χ0v) is 31.3. The molecule has 6 N–H and O–H groups in total. The number of nitrogens with one attached hydrogen (secondary N) is 5. The van der Waals surface area contributed by atoms with Gasteiger partial charge in [-0.3, -0.25) is 24.7 Å². The van der Waals surface area contributed by atoms with Crippen LogP contribution in [0, 0.1) is 11.8 Å². The van der Waals surface area contributed by atoms with Crippen molar-refractivity contribution in [2.24, 2.45) is 11.8 Å². The SMILES string of the molecule is CC(C)C(NC(=O)OCc1ccccc1)C(=O)NC(Cc1ccccc1)C(O)C(NCc1ccccc1)C(=O)N[C@@H](C(=O)NCc1ccccn1)C(C)C. The second kappa shape index (κ2) is 21.2. The Labute approximate surface area is 317 Å². The quantitative estimate of drug-likeness (QED) is 0.0838. The zero-order valence-electron chi connectivity index (χ0n) is 31.3. The number of rotatable bonds is 19. The molecule has 5 atom stereocenters. The first-order valence-corrected chi connectivity index (χ1v) is 18.3. The van der Waals surface area contributed by atoms with Crippen molar-refractivity contribution < 1.29 is 29.0 Å². The van der Waals surface area contributed by atoms with Gasteiger partial charge in [0.25, 0.3) is 0 Å². The Balaban J connectivity index is 1.56. The average Bonchev–Trinajstić information content (AvgIpc) is 3.18. The number of hydrogen-bond acceptors (Lipinski definition) is 8. The van der Waals surface area contributed by atoms with Gasteiger partial charge in [-0.1, -0.05) is 125 Å². The molecule has 0 fully saturated rings. The number of ether oxygens (including phenoxy) is 1. The average molecular weight is 737 g/mol. The molecule has 0 bridgehead atoms. The molecule has 0 aliphatic rings. The molecule has 0 saturated carbocycles. The summed E-state index contributed by atoms with van der Waals surface area (Å²) in [5, 5.41) is 26.6. The first kappa shape index (κ1) is 41.2. The Morgan fingerprint density at radius 2 is 1.15 bits per heavy atom. The molecule has 12 heteroatoms. The molecular formula is C42H52N6O6. The Morgan fingerprint density at radius 1 is 0.611 bits per heavy atom. The van der Waals surface area contributed by atoms with Crippen LogP contribution in [0.25, 0.3) is 0 Å². The lowest BCUT2D eigenvalue weighted by molar-refractivity contribution is -0.134. The van der Waals surface area contributed by atoms with Gasteiger partial charge in [0.15, 0.2) is 0 Å². The van der Waals surface area contributed by atoms with Crippen LogP contribution < -0.4 is 26.6 Å². The third-order valence-corrected chi connectivity index (χ3v) is 8.88. The highest BCUT2D eigenvalue weighted by atomic mass is 16.5. The molecule has 0 aliphatic heterocycles. The molecule has 0 aliphatic carbocycles. The summed E-state index contributed by atoms with van der Waals surface area (Å²) in [6, 6.07) is 29.0. The van der Waals surface area contributed by atoms with Crippen LogP contribution in [0.15, 0.2) is 115 Å². The zero-order chi connectivity index (χ0) is 38.9. The van der Waals surface area contributed by atoms with Crippen LogP contribution in [0.4, 0.5) is 4.79 Å². The second-order valence-corrected chi connectivity index (χ2v) is 13.8. The van der Waals surface area contributed by atoms with Crippen LogP contribution in [0.2, 0.25) is 0 Å². The van der Waals surface area contributed by atoms with Gasteiger partial charge in [-0.2, -0.15) is 0 Å². The van der Waals surface area contributed by atoms with Crippen molar-refractivity contribution in [3.05, 3.63) is 138 Å². The van der Waals surface area contributed by atoms with E-state index in [1.807, 2.05) is 111 Å². The molecule has 4 amide bonds. The van der Waals surface area contributed by atoms with E-state index < -0.39 is 54.1 Å². The number of aromatic nitrogens is 1. The van der Waals surface area contributed by atoms with E-state index >= 15 is 0 Å². The van der Waals surface area contributed by atoms with Gasteiger partial charge in [0, 0.05) is 12.7 Å². The molecule has 0 spiro atoms. The van der Waals surface area contributed by atoms with Crippen molar-refractivity contribution in [3.8, 4) is 0 Å². The van der Waals surface area contributed by atoms with E-state index in [9.17, 15) is 24.3 Å². The summed E-state index contributed by atoms with van der Waals surface area (Å²) >= 11 is 0. The molecule has 4 rings (SSSR count). The van der Waals surface area contributed by atoms with Crippen LogP contribution in [0.3, 0.4) is 0 Å². The van der Waals surface area contributed by atoms with E-state index in [4.69, 9.17) is 4.74 Å². The minimum atomic E-state index is -1.49. The maximum Gasteiger partial charge on any atom is 0.408 e. The molecule has 1 heterocycles. The molecule has 12 nitrogen and oxygen atoms in total. The van der Waals surface area contributed by atoms with Gasteiger partial charge >= 0.3 is 6.09 Å². The van der Waals surface area contributed by atoms with Gasteiger partial charge in [-0.25, -0.2) is 4.79 Å². The van der Waals surface area contributed by atoms with Crippen LogP contribution in [0.5, 0.6) is 0 Å². The Bertz CT molecular complexity index is 1740. The van der Waals surface area contributed by atoms with Crippen molar-refractivity contribution >= 4 is 23.8 Å². The van der Waals surface area contributed by atoms with E-state index in [0.29, 0.717) is 5.69 Å². The first-order chi connectivity index (χ1) is 26.0. The van der Waals surface area contributed by atoms with Crippen LogP contribution in [-0.2, 0) is 45.2 Å². The topological polar surface area (TPSA) is 171 Å². The maximum absolute atomic E-state index is 14.2. The van der Waals surface area contributed by atoms with E-state index in [0.717, 1.165) is 16.7 Å². The van der Waals surface area contributed by atoms with E-state index in [2.05, 4.69) is 31.6 Å². The number of alkyl carbamates (subject to hydrolysis) is 1. The molecule has 3 aromatic carbocycles. The summed E-state index contributed by atoms with van der Waals surface area (Å²) in [6.07, 6.45) is -0.461. The van der Waals surface area contributed by atoms with Crippen molar-refractivity contribution in [1.29, 1.82) is 0 Å². The second-order valence-electron chi connectivity index (χ2n) is 13.8. The van der Waals surface area contributed by atoms with Crippen LogP contribution in [0.1, 0.15) is 50.1 Å². The minimum absolute atomic E-state index is 0.0247. The molecule has 4 aromatic rings. The number of carbonyl (C=O) groups is 4. The third kappa shape index (κ3) is 13.1. The molecule has 0 saturated heterocycles. The highest BCUT2D eigenvalue weighted by molar-refractivity contribution is 5.90. The molecule has 4 unspecified atom stereocenters. The predicted octanol–water partition coefficient (Wildman–Crippen LogP) is 4.04. The first-order valence-electron chi connectivity index (χ1n) is 18.3. The maximum atomic E-state index is 14.2. The summed E-state index contributed by atoms with van der Waals surface area (Å²) in [4.78, 5) is 58.6. The van der Waals surface area contributed by atoms with Gasteiger partial charge in [-0.15, -0.1) is 0 Å². The van der Waals surface area contributed by atoms with Crippen molar-refractivity contribution in [3.63, 3.8) is 0 Å². The standard InChI is InChI=1S/C42H52N6O6/c1-28(2)35(39(50)45-26-33-22-14-15-23-43-33)47-41(52)37(44-25-31-18-10-6-11-19-31)38(49)34(24-30-16-8-5-9-17-30)46-40(51)36(29(3)4)48-42(53)54-27-32-20-12-7-13-21-32/h5-23,28-29,34-38,44,49H,24-27H2,1-4H3,(H,45,50)(H,46,51)(H,47,52)(H,48,53)/t34?,35-,36?,37?,38?/m1/s1. The van der Waals surface area contributed by atoms with Crippen LogP contribution >= 0.6 is 0 Å². The normalized spacial score (nSPS) is 13.9. The largest absolute Gasteiger partial charge is 0.445 e. The Kier molecular flexibility index (Phi) is 16.2. The summed E-state index contributed by atoms with van der Waals surface area (Å²) in [7, 11) is 0. The summed E-state index contributed by atoms with van der Waals surface area (Å²) in [5.41, 5.74) is 3.12. The summed E-state index contributed by atoms with van der Waals surface area (Å²) < 4.78 is 5.39. The number of carbonyl (C=O) groups excluding carboxylic acids is 4. The summed E-state index contributed by atoms with van der Waals surface area (Å²) in [6.45, 7) is 7.61.